The third kappa shape index (κ3) is 5.28. The average Bonchev–Trinajstić information content (AvgIpc) is 2.64. The number of methoxy groups -OCH3 is 1. The third-order valence-corrected chi connectivity index (χ3v) is 3.27. The van der Waals surface area contributed by atoms with Gasteiger partial charge in [0.2, 0.25) is 0 Å². The Bertz CT molecular complexity index is 793. The highest BCUT2D eigenvalue weighted by Crippen LogP contribution is 2.13. The molecule has 0 saturated heterocycles. The lowest BCUT2D eigenvalue weighted by Crippen LogP contribution is -2.03. The van der Waals surface area contributed by atoms with E-state index >= 15 is 0 Å². The molecule has 2 aromatic rings. The fraction of sp³-hybridized carbons (Fsp3) is 0.111. The quantitative estimate of drug-likeness (QED) is 0.347. The molecule has 0 aliphatic rings. The number of ether oxygens (including phenoxy) is 2. The normalized spacial score (nSPS) is 10.4. The van der Waals surface area contributed by atoms with Gasteiger partial charge in [-0.3, -0.25) is 10.1 Å². The predicted octanol–water partition coefficient (Wildman–Crippen LogP) is 3.14. The van der Waals surface area contributed by atoms with Crippen LogP contribution in [-0.4, -0.2) is 24.0 Å². The van der Waals surface area contributed by atoms with Crippen molar-refractivity contribution in [3.63, 3.8) is 0 Å². The smallest absolute Gasteiger partial charge is 0.337 e. The molecule has 0 aliphatic heterocycles. The van der Waals surface area contributed by atoms with E-state index in [2.05, 4.69) is 4.74 Å². The van der Waals surface area contributed by atoms with Gasteiger partial charge in [-0.15, -0.1) is 0 Å². The first-order valence-corrected chi connectivity index (χ1v) is 7.26. The van der Waals surface area contributed by atoms with Gasteiger partial charge in [0, 0.05) is 18.2 Å². The zero-order chi connectivity index (χ0) is 18.2. The molecule has 0 heterocycles. The monoisotopic (exact) mass is 341 g/mol. The third-order valence-electron chi connectivity index (χ3n) is 3.27. The van der Waals surface area contributed by atoms with Crippen molar-refractivity contribution in [2.24, 2.45) is 0 Å². The van der Waals surface area contributed by atoms with Crippen LogP contribution in [0.2, 0.25) is 0 Å². The molecule has 0 amide bonds. The van der Waals surface area contributed by atoms with E-state index in [9.17, 15) is 19.7 Å². The molecular weight excluding hydrogens is 326 g/mol. The summed E-state index contributed by atoms with van der Waals surface area (Å²) in [5, 5.41) is 10.6. The Kier molecular flexibility index (Phi) is 6.00. The van der Waals surface area contributed by atoms with Crippen molar-refractivity contribution in [3.05, 3.63) is 81.4 Å². The van der Waals surface area contributed by atoms with Crippen molar-refractivity contribution in [1.82, 2.24) is 0 Å². The van der Waals surface area contributed by atoms with Gasteiger partial charge in [0.05, 0.1) is 17.6 Å². The van der Waals surface area contributed by atoms with E-state index in [1.54, 1.807) is 24.3 Å². The zero-order valence-corrected chi connectivity index (χ0v) is 13.4. The first kappa shape index (κ1) is 17.9. The highest BCUT2D eigenvalue weighted by Gasteiger charge is 2.06. The maximum Gasteiger partial charge on any atom is 0.337 e. The number of non-ortho nitro benzene ring substituents is 1. The van der Waals surface area contributed by atoms with Crippen molar-refractivity contribution in [3.8, 4) is 0 Å². The van der Waals surface area contributed by atoms with Crippen LogP contribution in [0.25, 0.3) is 6.08 Å². The van der Waals surface area contributed by atoms with Crippen LogP contribution in [-0.2, 0) is 20.9 Å². The Morgan fingerprint density at radius 1 is 1.08 bits per heavy atom. The van der Waals surface area contributed by atoms with Crippen LogP contribution in [0.3, 0.4) is 0 Å². The maximum atomic E-state index is 11.7. The van der Waals surface area contributed by atoms with Gasteiger partial charge >= 0.3 is 11.9 Å². The zero-order valence-electron chi connectivity index (χ0n) is 13.4. The van der Waals surface area contributed by atoms with Gasteiger partial charge in [0.1, 0.15) is 6.61 Å². The molecule has 7 heteroatoms. The summed E-state index contributed by atoms with van der Waals surface area (Å²) in [6, 6.07) is 12.3. The van der Waals surface area contributed by atoms with E-state index in [1.807, 2.05) is 0 Å². The minimum Gasteiger partial charge on any atom is -0.465 e. The second-order valence-corrected chi connectivity index (χ2v) is 4.98. The summed E-state index contributed by atoms with van der Waals surface area (Å²) in [5.74, 6) is -0.982. The summed E-state index contributed by atoms with van der Waals surface area (Å²) in [7, 11) is 1.30. The van der Waals surface area contributed by atoms with E-state index in [1.165, 1.54) is 43.5 Å². The number of nitro groups is 1. The number of hydrogen-bond donors (Lipinski definition) is 0. The minimum atomic E-state index is -0.546. The molecule has 0 unspecified atom stereocenters. The van der Waals surface area contributed by atoms with Crippen molar-refractivity contribution in [2.45, 2.75) is 6.61 Å². The van der Waals surface area contributed by atoms with Crippen LogP contribution >= 0.6 is 0 Å². The fourth-order valence-electron chi connectivity index (χ4n) is 1.93. The van der Waals surface area contributed by atoms with Gasteiger partial charge in [-0.25, -0.2) is 9.59 Å². The van der Waals surface area contributed by atoms with Crippen LogP contribution in [0.15, 0.2) is 54.6 Å². The van der Waals surface area contributed by atoms with Crippen molar-refractivity contribution < 1.29 is 24.0 Å². The lowest BCUT2D eigenvalue weighted by atomic mass is 10.1. The number of nitro benzene ring substituents is 1. The van der Waals surface area contributed by atoms with Gasteiger partial charge in [-0.1, -0.05) is 12.1 Å². The molecule has 0 atom stereocenters. The highest BCUT2D eigenvalue weighted by atomic mass is 16.6. The Morgan fingerprint density at radius 3 is 2.28 bits per heavy atom. The van der Waals surface area contributed by atoms with Crippen LogP contribution in [0.4, 0.5) is 5.69 Å². The van der Waals surface area contributed by atoms with E-state index in [4.69, 9.17) is 4.74 Å². The molecule has 0 fully saturated rings. The van der Waals surface area contributed by atoms with Crippen molar-refractivity contribution >= 4 is 23.7 Å². The molecule has 0 aromatic heterocycles. The van der Waals surface area contributed by atoms with Gasteiger partial charge in [-0.05, 0) is 41.5 Å². The molecule has 0 bridgehead atoms. The Hall–Kier alpha value is -3.48. The topological polar surface area (TPSA) is 95.7 Å². The van der Waals surface area contributed by atoms with Crippen LogP contribution < -0.4 is 0 Å². The van der Waals surface area contributed by atoms with E-state index in [0.717, 1.165) is 5.56 Å². The lowest BCUT2D eigenvalue weighted by Gasteiger charge is -2.04. The summed E-state index contributed by atoms with van der Waals surface area (Å²) in [6.07, 6.45) is 2.75. The molecule has 2 aromatic carbocycles. The molecule has 25 heavy (non-hydrogen) atoms. The molecule has 0 saturated carbocycles. The molecular formula is C18H15NO6. The van der Waals surface area contributed by atoms with Crippen LogP contribution in [0.5, 0.6) is 0 Å². The van der Waals surface area contributed by atoms with Crippen molar-refractivity contribution in [1.29, 1.82) is 0 Å². The standard InChI is InChI=1S/C18H15NO6/c1-24-18(21)15-7-2-14(3-8-15)12-25-17(20)11-6-13-4-9-16(10-5-13)19(22)23/h2-11H,12H2,1H3. The summed E-state index contributed by atoms with van der Waals surface area (Å²) in [6.45, 7) is 0.0604. The van der Waals surface area contributed by atoms with E-state index < -0.39 is 16.9 Å². The van der Waals surface area contributed by atoms with E-state index in [0.29, 0.717) is 11.1 Å². The number of hydrogen-bond acceptors (Lipinski definition) is 6. The highest BCUT2D eigenvalue weighted by molar-refractivity contribution is 5.89. The second kappa shape index (κ2) is 8.39. The van der Waals surface area contributed by atoms with Crippen LogP contribution in [0, 0.1) is 10.1 Å². The number of nitrogens with zero attached hydrogens (tertiary/aromatic N) is 1. The largest absolute Gasteiger partial charge is 0.465 e. The number of carbonyl (C=O) groups excluding carboxylic acids is 2. The predicted molar refractivity (Wildman–Crippen MR) is 89.7 cm³/mol. The summed E-state index contributed by atoms with van der Waals surface area (Å²) < 4.78 is 9.69. The molecule has 2 rings (SSSR count). The van der Waals surface area contributed by atoms with Gasteiger partial charge < -0.3 is 9.47 Å². The first-order chi connectivity index (χ1) is 12.0. The number of esters is 2. The SMILES string of the molecule is COC(=O)c1ccc(COC(=O)C=Cc2ccc([N+](=O)[O-])cc2)cc1. The average molecular weight is 341 g/mol. The Labute approximate surface area is 143 Å². The number of carbonyl (C=O) groups is 2. The second-order valence-electron chi connectivity index (χ2n) is 4.98. The molecule has 0 spiro atoms. The maximum absolute atomic E-state index is 11.7. The number of benzene rings is 2. The minimum absolute atomic E-state index is 0.0184. The lowest BCUT2D eigenvalue weighted by molar-refractivity contribution is -0.384. The first-order valence-electron chi connectivity index (χ1n) is 7.26. The van der Waals surface area contributed by atoms with Gasteiger partial charge in [0.25, 0.3) is 5.69 Å². The molecule has 128 valence electrons. The Morgan fingerprint density at radius 2 is 1.72 bits per heavy atom. The molecule has 0 aliphatic carbocycles. The summed E-state index contributed by atoms with van der Waals surface area (Å²) in [4.78, 5) is 33.1. The van der Waals surface area contributed by atoms with Crippen molar-refractivity contribution in [2.75, 3.05) is 7.11 Å². The van der Waals surface area contributed by atoms with Gasteiger partial charge in [0.15, 0.2) is 0 Å². The summed E-state index contributed by atoms with van der Waals surface area (Å²) >= 11 is 0. The molecule has 0 radical (unpaired) electrons. The Balaban J connectivity index is 1.87. The fourth-order valence-corrected chi connectivity index (χ4v) is 1.93. The molecule has 7 nitrogen and oxygen atoms in total. The summed E-state index contributed by atoms with van der Waals surface area (Å²) in [5.41, 5.74) is 1.76. The van der Waals surface area contributed by atoms with Gasteiger partial charge in [-0.2, -0.15) is 0 Å². The molecule has 0 N–H and O–H groups in total. The number of rotatable bonds is 6. The van der Waals surface area contributed by atoms with Crippen LogP contribution in [0.1, 0.15) is 21.5 Å². The van der Waals surface area contributed by atoms with E-state index in [-0.39, 0.29) is 12.3 Å².